The van der Waals surface area contributed by atoms with Crippen LogP contribution in [-0.2, 0) is 4.79 Å². The largest absolute Gasteiger partial charge is 0.326 e. The second-order valence-electron chi connectivity index (χ2n) is 5.07. The number of nitrogens with zero attached hydrogens (tertiary/aromatic N) is 1. The highest BCUT2D eigenvalue weighted by Gasteiger charge is 2.10. The number of nitrogens with one attached hydrogen (secondary N) is 2. The first-order chi connectivity index (χ1) is 11.5. The van der Waals surface area contributed by atoms with Gasteiger partial charge in [0.05, 0.1) is 10.2 Å². The summed E-state index contributed by atoms with van der Waals surface area (Å²) in [7, 11) is 0. The van der Waals surface area contributed by atoms with E-state index in [1.807, 2.05) is 30.5 Å². The summed E-state index contributed by atoms with van der Waals surface area (Å²) < 4.78 is 0.897. The van der Waals surface area contributed by atoms with Gasteiger partial charge in [0.2, 0.25) is 5.91 Å². The highest BCUT2D eigenvalue weighted by atomic mass is 32.2. The molecule has 122 valence electrons. The van der Waals surface area contributed by atoms with Crippen molar-refractivity contribution >= 4 is 55.9 Å². The van der Waals surface area contributed by atoms with Crippen LogP contribution in [0.2, 0.25) is 0 Å². The van der Waals surface area contributed by atoms with E-state index in [2.05, 4.69) is 15.6 Å². The van der Waals surface area contributed by atoms with Gasteiger partial charge < -0.3 is 5.32 Å². The molecule has 7 heteroatoms. The summed E-state index contributed by atoms with van der Waals surface area (Å²) in [5.41, 5.74) is 2.08. The normalized spacial score (nSPS) is 10.6. The molecule has 1 aromatic heterocycles. The highest BCUT2D eigenvalue weighted by molar-refractivity contribution is 7.98. The van der Waals surface area contributed by atoms with E-state index in [0.717, 1.165) is 15.1 Å². The Morgan fingerprint density at radius 1 is 1.08 bits per heavy atom. The van der Waals surface area contributed by atoms with Crippen LogP contribution in [0.4, 0.5) is 10.8 Å². The van der Waals surface area contributed by atoms with E-state index in [1.165, 1.54) is 18.3 Å². The van der Waals surface area contributed by atoms with Crippen molar-refractivity contribution in [2.75, 3.05) is 16.9 Å². The van der Waals surface area contributed by atoms with Crippen molar-refractivity contribution in [3.63, 3.8) is 0 Å². The summed E-state index contributed by atoms with van der Waals surface area (Å²) in [6.45, 7) is 1.46. The predicted molar refractivity (Wildman–Crippen MR) is 100 cm³/mol. The van der Waals surface area contributed by atoms with Gasteiger partial charge in [0.25, 0.3) is 5.91 Å². The minimum Gasteiger partial charge on any atom is -0.326 e. The zero-order chi connectivity index (χ0) is 17.1. The van der Waals surface area contributed by atoms with Crippen LogP contribution < -0.4 is 10.6 Å². The fourth-order valence-corrected chi connectivity index (χ4v) is 3.48. The minimum absolute atomic E-state index is 0.124. The standard InChI is InChI=1S/C17H15N3O2S2/c1-10(21)18-12-5-8-14-15(9-12)24-17(19-14)20-16(22)11-3-6-13(23-2)7-4-11/h3-9H,1-2H3,(H,18,21)(H,19,20,22). The monoisotopic (exact) mass is 357 g/mol. The van der Waals surface area contributed by atoms with E-state index in [1.54, 1.807) is 30.0 Å². The molecule has 0 aliphatic carbocycles. The molecule has 3 rings (SSSR count). The smallest absolute Gasteiger partial charge is 0.257 e. The van der Waals surface area contributed by atoms with E-state index < -0.39 is 0 Å². The van der Waals surface area contributed by atoms with E-state index in [9.17, 15) is 9.59 Å². The number of amides is 2. The number of rotatable bonds is 4. The number of thiazole rings is 1. The van der Waals surface area contributed by atoms with Crippen molar-refractivity contribution in [1.29, 1.82) is 0 Å². The third kappa shape index (κ3) is 3.74. The highest BCUT2D eigenvalue weighted by Crippen LogP contribution is 2.28. The Bertz CT molecular complexity index is 904. The molecular weight excluding hydrogens is 342 g/mol. The molecule has 2 N–H and O–H groups in total. The topological polar surface area (TPSA) is 71.1 Å². The first kappa shape index (κ1) is 16.5. The number of hydrogen-bond acceptors (Lipinski definition) is 5. The van der Waals surface area contributed by atoms with Crippen LogP contribution in [0, 0.1) is 0 Å². The molecule has 0 radical (unpaired) electrons. The fourth-order valence-electron chi connectivity index (χ4n) is 2.17. The van der Waals surface area contributed by atoms with E-state index in [0.29, 0.717) is 16.4 Å². The summed E-state index contributed by atoms with van der Waals surface area (Å²) >= 11 is 3.00. The predicted octanol–water partition coefficient (Wildman–Crippen LogP) is 4.23. The Hall–Kier alpha value is -2.38. The second-order valence-corrected chi connectivity index (χ2v) is 6.98. The summed E-state index contributed by atoms with van der Waals surface area (Å²) in [5.74, 6) is -0.315. The Kier molecular flexibility index (Phi) is 4.82. The van der Waals surface area contributed by atoms with Gasteiger partial charge >= 0.3 is 0 Å². The van der Waals surface area contributed by atoms with Gasteiger partial charge in [-0.2, -0.15) is 0 Å². The van der Waals surface area contributed by atoms with Gasteiger partial charge in [-0.05, 0) is 48.7 Å². The molecule has 0 aliphatic heterocycles. The zero-order valence-electron chi connectivity index (χ0n) is 13.1. The van der Waals surface area contributed by atoms with Crippen LogP contribution in [0.5, 0.6) is 0 Å². The molecule has 0 saturated heterocycles. The summed E-state index contributed by atoms with van der Waals surface area (Å²) in [5, 5.41) is 6.09. The lowest BCUT2D eigenvalue weighted by molar-refractivity contribution is -0.114. The molecular formula is C17H15N3O2S2. The number of fused-ring (bicyclic) bond motifs is 1. The molecule has 2 aromatic carbocycles. The van der Waals surface area contributed by atoms with Crippen molar-refractivity contribution in [3.8, 4) is 0 Å². The lowest BCUT2D eigenvalue weighted by atomic mass is 10.2. The van der Waals surface area contributed by atoms with E-state index in [-0.39, 0.29) is 11.8 Å². The third-order valence-electron chi connectivity index (χ3n) is 3.28. The van der Waals surface area contributed by atoms with Gasteiger partial charge in [-0.1, -0.05) is 11.3 Å². The molecule has 24 heavy (non-hydrogen) atoms. The van der Waals surface area contributed by atoms with Crippen LogP contribution in [0.25, 0.3) is 10.2 Å². The second kappa shape index (κ2) is 7.02. The van der Waals surface area contributed by atoms with Crippen molar-refractivity contribution in [3.05, 3.63) is 48.0 Å². The van der Waals surface area contributed by atoms with Gasteiger partial charge in [-0.25, -0.2) is 4.98 Å². The van der Waals surface area contributed by atoms with Crippen molar-refractivity contribution in [1.82, 2.24) is 4.98 Å². The Morgan fingerprint density at radius 3 is 2.50 bits per heavy atom. The molecule has 0 aliphatic rings. The molecule has 0 atom stereocenters. The number of carbonyl (C=O) groups is 2. The first-order valence-electron chi connectivity index (χ1n) is 7.19. The number of anilines is 2. The van der Waals surface area contributed by atoms with E-state index in [4.69, 9.17) is 0 Å². The fraction of sp³-hybridized carbons (Fsp3) is 0.118. The molecule has 5 nitrogen and oxygen atoms in total. The summed E-state index contributed by atoms with van der Waals surface area (Å²) in [6, 6.07) is 12.9. The van der Waals surface area contributed by atoms with Crippen LogP contribution in [0.1, 0.15) is 17.3 Å². The Morgan fingerprint density at radius 2 is 1.83 bits per heavy atom. The van der Waals surface area contributed by atoms with Gasteiger partial charge in [0.1, 0.15) is 0 Å². The molecule has 0 saturated carbocycles. The maximum absolute atomic E-state index is 12.3. The van der Waals surface area contributed by atoms with Crippen LogP contribution >= 0.6 is 23.1 Å². The number of carbonyl (C=O) groups excluding carboxylic acids is 2. The molecule has 0 unspecified atom stereocenters. The Balaban J connectivity index is 1.78. The average Bonchev–Trinajstić information content (AvgIpc) is 2.95. The van der Waals surface area contributed by atoms with Crippen LogP contribution in [-0.4, -0.2) is 23.1 Å². The average molecular weight is 357 g/mol. The van der Waals surface area contributed by atoms with Gasteiger partial charge in [0, 0.05) is 23.1 Å². The minimum atomic E-state index is -0.191. The van der Waals surface area contributed by atoms with E-state index >= 15 is 0 Å². The van der Waals surface area contributed by atoms with Gasteiger partial charge in [-0.3, -0.25) is 14.9 Å². The quantitative estimate of drug-likeness (QED) is 0.686. The summed E-state index contributed by atoms with van der Waals surface area (Å²) in [4.78, 5) is 28.9. The SMILES string of the molecule is CSc1ccc(C(=O)Nc2nc3ccc(NC(C)=O)cc3s2)cc1. The first-order valence-corrected chi connectivity index (χ1v) is 9.23. The lowest BCUT2D eigenvalue weighted by Gasteiger charge is -2.02. The third-order valence-corrected chi connectivity index (χ3v) is 4.96. The molecule has 0 spiro atoms. The number of thioether (sulfide) groups is 1. The van der Waals surface area contributed by atoms with Gasteiger partial charge in [-0.15, -0.1) is 11.8 Å². The van der Waals surface area contributed by atoms with Crippen LogP contribution in [0.15, 0.2) is 47.4 Å². The molecule has 1 heterocycles. The van der Waals surface area contributed by atoms with Crippen molar-refractivity contribution in [2.45, 2.75) is 11.8 Å². The lowest BCUT2D eigenvalue weighted by Crippen LogP contribution is -2.11. The molecule has 0 fully saturated rings. The maximum Gasteiger partial charge on any atom is 0.257 e. The number of aromatic nitrogens is 1. The Labute approximate surface area is 147 Å². The zero-order valence-corrected chi connectivity index (χ0v) is 14.8. The molecule has 0 bridgehead atoms. The van der Waals surface area contributed by atoms with Crippen molar-refractivity contribution < 1.29 is 9.59 Å². The number of benzene rings is 2. The molecule has 2 amide bonds. The number of hydrogen-bond donors (Lipinski definition) is 2. The van der Waals surface area contributed by atoms with Crippen molar-refractivity contribution in [2.24, 2.45) is 0 Å². The van der Waals surface area contributed by atoms with Gasteiger partial charge in [0.15, 0.2) is 5.13 Å². The summed E-state index contributed by atoms with van der Waals surface area (Å²) in [6.07, 6.45) is 1.99. The molecule has 3 aromatic rings. The van der Waals surface area contributed by atoms with Crippen LogP contribution in [0.3, 0.4) is 0 Å². The maximum atomic E-state index is 12.3.